The van der Waals surface area contributed by atoms with E-state index in [2.05, 4.69) is 5.32 Å². The largest absolute Gasteiger partial charge is 0.508 e. The van der Waals surface area contributed by atoms with Crippen LogP contribution in [0.2, 0.25) is 0 Å². The van der Waals surface area contributed by atoms with Crippen LogP contribution < -0.4 is 5.32 Å². The third-order valence-electron chi connectivity index (χ3n) is 3.57. The van der Waals surface area contributed by atoms with Crippen LogP contribution in [-0.2, 0) is 11.2 Å². The number of thioether (sulfide) groups is 1. The van der Waals surface area contributed by atoms with Crippen molar-refractivity contribution in [2.24, 2.45) is 0 Å². The Labute approximate surface area is 109 Å². The molecule has 0 aromatic heterocycles. The molecule has 5 heteroatoms. The van der Waals surface area contributed by atoms with E-state index in [1.54, 1.807) is 12.1 Å². The summed E-state index contributed by atoms with van der Waals surface area (Å²) >= 11 is 1.09. The second kappa shape index (κ2) is 4.31. The number of fused-ring (bicyclic) bond motifs is 1. The fraction of sp³-hybridized carbons (Fsp3) is 0.385. The lowest BCUT2D eigenvalue weighted by Crippen LogP contribution is -2.30. The smallest absolute Gasteiger partial charge is 0.286 e. The molecule has 1 aliphatic carbocycles. The molecule has 0 spiro atoms. The molecule has 1 unspecified atom stereocenters. The van der Waals surface area contributed by atoms with E-state index in [0.29, 0.717) is 0 Å². The Morgan fingerprint density at radius 2 is 2.17 bits per heavy atom. The van der Waals surface area contributed by atoms with Gasteiger partial charge >= 0.3 is 0 Å². The molecule has 1 fully saturated rings. The van der Waals surface area contributed by atoms with Crippen LogP contribution in [0.4, 0.5) is 4.79 Å². The Bertz CT molecular complexity index is 529. The van der Waals surface area contributed by atoms with Crippen molar-refractivity contribution in [3.63, 3.8) is 0 Å². The van der Waals surface area contributed by atoms with Crippen molar-refractivity contribution in [3.05, 3.63) is 29.3 Å². The van der Waals surface area contributed by atoms with Crippen LogP contribution in [0.1, 0.15) is 29.9 Å². The molecule has 2 N–H and O–H groups in total. The minimum Gasteiger partial charge on any atom is -0.508 e. The molecule has 1 heterocycles. The Hall–Kier alpha value is -1.49. The summed E-state index contributed by atoms with van der Waals surface area (Å²) in [5, 5.41) is 11.3. The maximum Gasteiger partial charge on any atom is 0.286 e. The lowest BCUT2D eigenvalue weighted by Gasteiger charge is -2.28. The topological polar surface area (TPSA) is 66.4 Å². The third kappa shape index (κ3) is 1.88. The number of amides is 2. The van der Waals surface area contributed by atoms with E-state index in [9.17, 15) is 14.7 Å². The average Bonchev–Trinajstić information content (AvgIpc) is 2.67. The molecule has 3 rings (SSSR count). The molecule has 2 amide bonds. The first-order valence-electron chi connectivity index (χ1n) is 5.98. The molecule has 1 aromatic rings. The van der Waals surface area contributed by atoms with Gasteiger partial charge in [-0.1, -0.05) is 17.8 Å². The molecule has 2 atom stereocenters. The van der Waals surface area contributed by atoms with Gasteiger partial charge in [-0.25, -0.2) is 0 Å². The number of aryl methyl sites for hydroxylation is 1. The molecular weight excluding hydrogens is 250 g/mol. The van der Waals surface area contributed by atoms with Crippen molar-refractivity contribution < 1.29 is 14.7 Å². The monoisotopic (exact) mass is 263 g/mol. The highest BCUT2D eigenvalue weighted by Gasteiger charge is 2.40. The molecular formula is C13H13NO3S. The third-order valence-corrected chi connectivity index (χ3v) is 4.68. The summed E-state index contributed by atoms with van der Waals surface area (Å²) in [6, 6.07) is 5.29. The van der Waals surface area contributed by atoms with Gasteiger partial charge in [0, 0.05) is 5.92 Å². The zero-order valence-corrected chi connectivity index (χ0v) is 10.5. The number of hydrogen-bond acceptors (Lipinski definition) is 4. The molecule has 1 aliphatic heterocycles. The van der Waals surface area contributed by atoms with E-state index in [-0.39, 0.29) is 28.1 Å². The van der Waals surface area contributed by atoms with Gasteiger partial charge in [-0.05, 0) is 42.5 Å². The molecule has 0 saturated carbocycles. The van der Waals surface area contributed by atoms with Crippen molar-refractivity contribution >= 4 is 22.9 Å². The number of nitrogens with one attached hydrogen (secondary N) is 1. The molecule has 2 aliphatic rings. The van der Waals surface area contributed by atoms with Crippen LogP contribution in [0, 0.1) is 0 Å². The fourth-order valence-electron chi connectivity index (χ4n) is 2.79. The number of aromatic hydroxyl groups is 1. The number of hydrogen-bond donors (Lipinski definition) is 2. The van der Waals surface area contributed by atoms with Crippen molar-refractivity contribution in [1.29, 1.82) is 0 Å². The molecule has 4 nitrogen and oxygen atoms in total. The van der Waals surface area contributed by atoms with Gasteiger partial charge in [0.25, 0.3) is 5.24 Å². The molecule has 1 saturated heterocycles. The van der Waals surface area contributed by atoms with Gasteiger partial charge in [0.2, 0.25) is 5.91 Å². The normalized spacial score (nSPS) is 26.9. The van der Waals surface area contributed by atoms with E-state index >= 15 is 0 Å². The predicted octanol–water partition coefficient (Wildman–Crippen LogP) is 2.16. The number of phenolic OH excluding ortho intramolecular Hbond substituents is 1. The van der Waals surface area contributed by atoms with Crippen molar-refractivity contribution in [3.8, 4) is 5.75 Å². The molecule has 18 heavy (non-hydrogen) atoms. The van der Waals surface area contributed by atoms with E-state index in [1.165, 1.54) is 0 Å². The molecule has 0 radical (unpaired) electrons. The standard InChI is InChI=1S/C13H13NO3S/c15-8-4-5-9-7(6-8)2-1-3-10(9)11-12(16)14-13(17)18-11/h4-6,10-11,15H,1-3H2,(H,14,16,17)/t10-,11?/m0/s1. The molecule has 1 aromatic carbocycles. The first-order chi connectivity index (χ1) is 8.65. The van der Waals surface area contributed by atoms with Crippen molar-refractivity contribution in [1.82, 2.24) is 5.32 Å². The Balaban J connectivity index is 1.96. The minimum atomic E-state index is -0.318. The predicted molar refractivity (Wildman–Crippen MR) is 68.7 cm³/mol. The lowest BCUT2D eigenvalue weighted by atomic mass is 9.80. The van der Waals surface area contributed by atoms with Gasteiger partial charge in [-0.3, -0.25) is 14.9 Å². The van der Waals surface area contributed by atoms with E-state index in [4.69, 9.17) is 0 Å². The molecule has 94 valence electrons. The van der Waals surface area contributed by atoms with Gasteiger partial charge in [0.1, 0.15) is 11.0 Å². The van der Waals surface area contributed by atoms with Crippen molar-refractivity contribution in [2.45, 2.75) is 30.4 Å². The SMILES string of the molecule is O=C1NC(=O)C([C@H]2CCCc3cc(O)ccc32)S1. The lowest BCUT2D eigenvalue weighted by molar-refractivity contribution is -0.119. The van der Waals surface area contributed by atoms with Crippen LogP contribution in [-0.4, -0.2) is 21.5 Å². The van der Waals surface area contributed by atoms with Gasteiger partial charge < -0.3 is 5.11 Å². The molecule has 0 bridgehead atoms. The summed E-state index contributed by atoms with van der Waals surface area (Å²) in [5.74, 6) is 0.149. The number of carbonyl (C=O) groups is 2. The maximum atomic E-state index is 11.8. The van der Waals surface area contributed by atoms with Crippen LogP contribution in [0.25, 0.3) is 0 Å². The van der Waals surface area contributed by atoms with E-state index in [1.807, 2.05) is 6.07 Å². The van der Waals surface area contributed by atoms with Gasteiger partial charge in [-0.15, -0.1) is 0 Å². The van der Waals surface area contributed by atoms with E-state index in [0.717, 1.165) is 42.2 Å². The average molecular weight is 263 g/mol. The first kappa shape index (κ1) is 11.6. The first-order valence-corrected chi connectivity index (χ1v) is 6.86. The zero-order chi connectivity index (χ0) is 12.7. The number of carbonyl (C=O) groups excluding carboxylic acids is 2. The summed E-state index contributed by atoms with van der Waals surface area (Å²) in [6.07, 6.45) is 2.82. The van der Waals surface area contributed by atoms with Gasteiger partial charge in [0.15, 0.2) is 0 Å². The fourth-order valence-corrected chi connectivity index (χ4v) is 3.79. The Morgan fingerprint density at radius 1 is 1.33 bits per heavy atom. The van der Waals surface area contributed by atoms with Crippen molar-refractivity contribution in [2.75, 3.05) is 0 Å². The van der Waals surface area contributed by atoms with Crippen LogP contribution >= 0.6 is 11.8 Å². The maximum absolute atomic E-state index is 11.8. The van der Waals surface area contributed by atoms with Gasteiger partial charge in [0.05, 0.1) is 0 Å². The van der Waals surface area contributed by atoms with E-state index < -0.39 is 0 Å². The number of phenols is 1. The summed E-state index contributed by atoms with van der Waals surface area (Å²) < 4.78 is 0. The summed E-state index contributed by atoms with van der Waals surface area (Å²) in [5.41, 5.74) is 2.19. The second-order valence-electron chi connectivity index (χ2n) is 4.70. The Kier molecular flexibility index (Phi) is 2.78. The summed E-state index contributed by atoms with van der Waals surface area (Å²) in [6.45, 7) is 0. The van der Waals surface area contributed by atoms with Gasteiger partial charge in [-0.2, -0.15) is 0 Å². The highest BCUT2D eigenvalue weighted by molar-refractivity contribution is 8.15. The highest BCUT2D eigenvalue weighted by atomic mass is 32.2. The minimum absolute atomic E-state index is 0.0748. The number of rotatable bonds is 1. The summed E-state index contributed by atoms with van der Waals surface area (Å²) in [4.78, 5) is 23.0. The zero-order valence-electron chi connectivity index (χ0n) is 9.68. The summed E-state index contributed by atoms with van der Waals surface area (Å²) in [7, 11) is 0. The number of imide groups is 1. The second-order valence-corrected chi connectivity index (χ2v) is 5.81. The van der Waals surface area contributed by atoms with Crippen LogP contribution in [0.15, 0.2) is 18.2 Å². The highest BCUT2D eigenvalue weighted by Crippen LogP contribution is 2.41. The quantitative estimate of drug-likeness (QED) is 0.815. The Morgan fingerprint density at radius 3 is 2.89 bits per heavy atom. The van der Waals surface area contributed by atoms with Crippen LogP contribution in [0.3, 0.4) is 0 Å². The van der Waals surface area contributed by atoms with Crippen LogP contribution in [0.5, 0.6) is 5.75 Å². The number of benzene rings is 1.